The molecule has 1 heterocycles. The molecular formula is C21H21FN2O4. The Labute approximate surface area is 162 Å². The van der Waals surface area contributed by atoms with Gasteiger partial charge in [-0.3, -0.25) is 14.4 Å². The average molecular weight is 384 g/mol. The Morgan fingerprint density at radius 2 is 1.64 bits per heavy atom. The lowest BCUT2D eigenvalue weighted by Gasteiger charge is -2.35. The minimum Gasteiger partial charge on any atom is -0.427 e. The number of halogens is 1. The fraction of sp³-hybridized carbons (Fsp3) is 0.286. The topological polar surface area (TPSA) is 66.9 Å². The molecule has 0 aromatic heterocycles. The molecule has 6 nitrogen and oxygen atoms in total. The van der Waals surface area contributed by atoms with E-state index in [0.717, 1.165) is 0 Å². The van der Waals surface area contributed by atoms with Crippen LogP contribution in [-0.2, 0) is 16.0 Å². The molecule has 0 aliphatic carbocycles. The molecule has 0 unspecified atom stereocenters. The van der Waals surface area contributed by atoms with E-state index < -0.39 is 5.97 Å². The van der Waals surface area contributed by atoms with Gasteiger partial charge in [-0.25, -0.2) is 4.39 Å². The minimum atomic E-state index is -0.449. The Kier molecular flexibility index (Phi) is 6.03. The molecule has 7 heteroatoms. The highest BCUT2D eigenvalue weighted by molar-refractivity contribution is 5.95. The smallest absolute Gasteiger partial charge is 0.308 e. The first-order valence-electron chi connectivity index (χ1n) is 9.02. The van der Waals surface area contributed by atoms with Crippen molar-refractivity contribution in [3.05, 3.63) is 65.5 Å². The normalized spacial score (nSPS) is 13.9. The molecule has 28 heavy (non-hydrogen) atoms. The summed E-state index contributed by atoms with van der Waals surface area (Å²) in [7, 11) is 0. The van der Waals surface area contributed by atoms with Crippen molar-refractivity contribution in [1.82, 2.24) is 9.80 Å². The SMILES string of the molecule is CC(=O)Oc1cccc(C(=O)N2CCN(C(=O)Cc3cccc(F)c3)CC2)c1. The number of benzene rings is 2. The Bertz CT molecular complexity index is 891. The molecule has 0 saturated carbocycles. The summed E-state index contributed by atoms with van der Waals surface area (Å²) in [4.78, 5) is 39.5. The Hall–Kier alpha value is -3.22. The maximum Gasteiger partial charge on any atom is 0.308 e. The Morgan fingerprint density at radius 1 is 0.964 bits per heavy atom. The van der Waals surface area contributed by atoms with E-state index in [1.165, 1.54) is 25.1 Å². The van der Waals surface area contributed by atoms with E-state index in [1.807, 2.05) is 0 Å². The van der Waals surface area contributed by atoms with Crippen LogP contribution in [0.25, 0.3) is 0 Å². The predicted molar refractivity (Wildman–Crippen MR) is 100 cm³/mol. The lowest BCUT2D eigenvalue weighted by atomic mass is 10.1. The summed E-state index contributed by atoms with van der Waals surface area (Å²) in [5, 5.41) is 0. The number of carbonyl (C=O) groups excluding carboxylic acids is 3. The first kappa shape index (κ1) is 19.5. The minimum absolute atomic E-state index is 0.0884. The number of piperazine rings is 1. The third-order valence-corrected chi connectivity index (χ3v) is 4.51. The highest BCUT2D eigenvalue weighted by Gasteiger charge is 2.25. The van der Waals surface area contributed by atoms with Gasteiger partial charge in [-0.15, -0.1) is 0 Å². The molecule has 1 fully saturated rings. The van der Waals surface area contributed by atoms with E-state index in [-0.39, 0.29) is 24.1 Å². The molecule has 2 aromatic carbocycles. The van der Waals surface area contributed by atoms with E-state index in [4.69, 9.17) is 4.74 Å². The highest BCUT2D eigenvalue weighted by atomic mass is 19.1. The van der Waals surface area contributed by atoms with Crippen LogP contribution in [0.3, 0.4) is 0 Å². The predicted octanol–water partition coefficient (Wildman–Crippen LogP) is 2.28. The maximum atomic E-state index is 13.3. The largest absolute Gasteiger partial charge is 0.427 e. The van der Waals surface area contributed by atoms with E-state index >= 15 is 0 Å². The first-order chi connectivity index (χ1) is 13.4. The van der Waals surface area contributed by atoms with Gasteiger partial charge in [0.2, 0.25) is 5.91 Å². The van der Waals surface area contributed by atoms with Crippen LogP contribution in [0, 0.1) is 5.82 Å². The average Bonchev–Trinajstić information content (AvgIpc) is 2.67. The van der Waals surface area contributed by atoms with E-state index in [1.54, 1.807) is 40.1 Å². The van der Waals surface area contributed by atoms with Crippen molar-refractivity contribution in [3.63, 3.8) is 0 Å². The van der Waals surface area contributed by atoms with Gasteiger partial charge >= 0.3 is 5.97 Å². The fourth-order valence-corrected chi connectivity index (χ4v) is 3.13. The van der Waals surface area contributed by atoms with Crippen LogP contribution in [0.2, 0.25) is 0 Å². The summed E-state index contributed by atoms with van der Waals surface area (Å²) in [6, 6.07) is 12.5. The second-order valence-electron chi connectivity index (χ2n) is 6.60. The van der Waals surface area contributed by atoms with Crippen LogP contribution >= 0.6 is 0 Å². The molecule has 1 aliphatic rings. The molecule has 0 radical (unpaired) electrons. The van der Waals surface area contributed by atoms with E-state index in [2.05, 4.69) is 0 Å². The Morgan fingerprint density at radius 3 is 2.32 bits per heavy atom. The van der Waals surface area contributed by atoms with Crippen LogP contribution in [-0.4, -0.2) is 53.8 Å². The zero-order valence-corrected chi connectivity index (χ0v) is 15.6. The second kappa shape index (κ2) is 8.65. The fourth-order valence-electron chi connectivity index (χ4n) is 3.13. The maximum absolute atomic E-state index is 13.3. The zero-order chi connectivity index (χ0) is 20.1. The monoisotopic (exact) mass is 384 g/mol. The number of rotatable bonds is 4. The number of hydrogen-bond donors (Lipinski definition) is 0. The lowest BCUT2D eigenvalue weighted by molar-refractivity contribution is -0.132. The van der Waals surface area contributed by atoms with Crippen molar-refractivity contribution in [3.8, 4) is 5.75 Å². The Balaban J connectivity index is 1.56. The number of hydrogen-bond acceptors (Lipinski definition) is 4. The molecule has 1 aliphatic heterocycles. The standard InChI is InChI=1S/C21H21FN2O4/c1-15(25)28-19-7-3-5-17(14-19)21(27)24-10-8-23(9-11-24)20(26)13-16-4-2-6-18(22)12-16/h2-7,12,14H,8-11,13H2,1H3. The summed E-state index contributed by atoms with van der Waals surface area (Å²) >= 11 is 0. The summed E-state index contributed by atoms with van der Waals surface area (Å²) in [5.74, 6) is -0.755. The first-order valence-corrected chi connectivity index (χ1v) is 9.02. The summed E-state index contributed by atoms with van der Waals surface area (Å²) in [6.07, 6.45) is 0.135. The quantitative estimate of drug-likeness (QED) is 0.599. The van der Waals surface area contributed by atoms with Gasteiger partial charge in [0.1, 0.15) is 11.6 Å². The molecule has 2 amide bonds. The molecule has 146 valence electrons. The van der Waals surface area contributed by atoms with Gasteiger partial charge in [-0.05, 0) is 35.9 Å². The van der Waals surface area contributed by atoms with Crippen LogP contribution in [0.4, 0.5) is 4.39 Å². The van der Waals surface area contributed by atoms with Crippen molar-refractivity contribution in [2.75, 3.05) is 26.2 Å². The number of carbonyl (C=O) groups is 3. The van der Waals surface area contributed by atoms with Gasteiger partial charge in [0, 0.05) is 38.7 Å². The zero-order valence-electron chi connectivity index (χ0n) is 15.6. The third kappa shape index (κ3) is 4.94. The summed E-state index contributed by atoms with van der Waals surface area (Å²) in [5.41, 5.74) is 1.06. The second-order valence-corrected chi connectivity index (χ2v) is 6.60. The molecule has 0 bridgehead atoms. The molecule has 0 N–H and O–H groups in total. The van der Waals surface area contributed by atoms with Gasteiger partial charge in [-0.1, -0.05) is 18.2 Å². The van der Waals surface area contributed by atoms with Crippen LogP contribution < -0.4 is 4.74 Å². The van der Waals surface area contributed by atoms with Crippen LogP contribution in [0.1, 0.15) is 22.8 Å². The number of nitrogens with zero attached hydrogens (tertiary/aromatic N) is 2. The van der Waals surface area contributed by atoms with Crippen LogP contribution in [0.15, 0.2) is 48.5 Å². The molecular weight excluding hydrogens is 363 g/mol. The van der Waals surface area contributed by atoms with Crippen molar-refractivity contribution in [1.29, 1.82) is 0 Å². The molecule has 3 rings (SSSR count). The lowest BCUT2D eigenvalue weighted by Crippen LogP contribution is -2.51. The van der Waals surface area contributed by atoms with Crippen molar-refractivity contribution < 1.29 is 23.5 Å². The van der Waals surface area contributed by atoms with Crippen molar-refractivity contribution in [2.45, 2.75) is 13.3 Å². The number of ether oxygens (including phenoxy) is 1. The molecule has 1 saturated heterocycles. The van der Waals surface area contributed by atoms with Gasteiger partial charge in [-0.2, -0.15) is 0 Å². The molecule has 2 aromatic rings. The third-order valence-electron chi connectivity index (χ3n) is 4.51. The van der Waals surface area contributed by atoms with E-state index in [0.29, 0.717) is 43.1 Å². The summed E-state index contributed by atoms with van der Waals surface area (Å²) in [6.45, 7) is 2.96. The van der Waals surface area contributed by atoms with Gasteiger partial charge < -0.3 is 14.5 Å². The van der Waals surface area contributed by atoms with Crippen molar-refractivity contribution >= 4 is 17.8 Å². The summed E-state index contributed by atoms with van der Waals surface area (Å²) < 4.78 is 18.3. The molecule has 0 atom stereocenters. The number of esters is 1. The van der Waals surface area contributed by atoms with Gasteiger partial charge in [0.15, 0.2) is 0 Å². The number of amides is 2. The van der Waals surface area contributed by atoms with E-state index in [9.17, 15) is 18.8 Å². The van der Waals surface area contributed by atoms with Gasteiger partial charge in [0.05, 0.1) is 6.42 Å². The molecule has 0 spiro atoms. The van der Waals surface area contributed by atoms with Crippen LogP contribution in [0.5, 0.6) is 5.75 Å². The highest BCUT2D eigenvalue weighted by Crippen LogP contribution is 2.17. The van der Waals surface area contributed by atoms with Gasteiger partial charge in [0.25, 0.3) is 5.91 Å². The van der Waals surface area contributed by atoms with Crippen molar-refractivity contribution in [2.24, 2.45) is 0 Å².